The van der Waals surface area contributed by atoms with Crippen LogP contribution in [0.1, 0.15) is 33.6 Å². The maximum absolute atomic E-state index is 12.3. The van der Waals surface area contributed by atoms with Gasteiger partial charge in [0.25, 0.3) is 0 Å². The number of carbonyl (C=O) groups is 1. The Bertz CT molecular complexity index is 478. The highest BCUT2D eigenvalue weighted by atomic mass is 16.6. The molecule has 2 fully saturated rings. The number of fused-ring (bicyclic) bond motifs is 3. The van der Waals surface area contributed by atoms with E-state index in [2.05, 4.69) is 20.4 Å². The van der Waals surface area contributed by atoms with Gasteiger partial charge < -0.3 is 9.84 Å². The molecule has 0 aromatic rings. The van der Waals surface area contributed by atoms with E-state index in [9.17, 15) is 9.90 Å². The largest absolute Gasteiger partial charge is 0.393 e. The predicted octanol–water partition coefficient (Wildman–Crippen LogP) is 2.01. The van der Waals surface area contributed by atoms with Gasteiger partial charge in [0.2, 0.25) is 0 Å². The second kappa shape index (κ2) is 3.34. The van der Waals surface area contributed by atoms with Crippen LogP contribution < -0.4 is 0 Å². The van der Waals surface area contributed by atoms with Gasteiger partial charge in [-0.3, -0.25) is 4.79 Å². The lowest BCUT2D eigenvalue weighted by Crippen LogP contribution is -2.50. The minimum Gasteiger partial charge on any atom is -0.393 e. The maximum Gasteiger partial charge on any atom is 0.194 e. The normalized spacial score (nSPS) is 50.1. The molecule has 1 N–H and O–H groups in total. The van der Waals surface area contributed by atoms with Crippen molar-refractivity contribution in [3.8, 4) is 0 Å². The number of aliphatic hydroxyl groups is 1. The molecule has 18 heavy (non-hydrogen) atoms. The van der Waals surface area contributed by atoms with Crippen LogP contribution in [0, 0.1) is 11.3 Å². The molecule has 3 heteroatoms. The molecule has 0 aromatic carbocycles. The van der Waals surface area contributed by atoms with Crippen molar-refractivity contribution in [3.05, 3.63) is 23.8 Å². The highest BCUT2D eigenvalue weighted by Crippen LogP contribution is 2.63. The lowest BCUT2D eigenvalue weighted by molar-refractivity contribution is -0.118. The van der Waals surface area contributed by atoms with E-state index in [0.717, 1.165) is 24.0 Å². The second-order valence-corrected chi connectivity index (χ2v) is 6.23. The molecule has 2 aliphatic carbocycles. The van der Waals surface area contributed by atoms with Gasteiger partial charge in [-0.2, -0.15) is 0 Å². The van der Waals surface area contributed by atoms with E-state index in [1.807, 2.05) is 6.92 Å². The number of hydrogen-bond acceptors (Lipinski definition) is 3. The van der Waals surface area contributed by atoms with E-state index in [-0.39, 0.29) is 29.3 Å². The smallest absolute Gasteiger partial charge is 0.194 e. The second-order valence-electron chi connectivity index (χ2n) is 6.23. The van der Waals surface area contributed by atoms with Crippen molar-refractivity contribution in [2.75, 3.05) is 0 Å². The van der Waals surface area contributed by atoms with Crippen molar-refractivity contribution in [1.82, 2.24) is 0 Å². The summed E-state index contributed by atoms with van der Waals surface area (Å²) in [6.07, 6.45) is 2.83. The van der Waals surface area contributed by atoms with E-state index in [1.54, 1.807) is 6.08 Å². The molecule has 1 saturated heterocycles. The molecule has 98 valence electrons. The van der Waals surface area contributed by atoms with Crippen molar-refractivity contribution in [2.45, 2.75) is 51.4 Å². The van der Waals surface area contributed by atoms with E-state index < -0.39 is 5.60 Å². The first-order valence-electron chi connectivity index (χ1n) is 6.62. The molecule has 0 bridgehead atoms. The van der Waals surface area contributed by atoms with Gasteiger partial charge in [0.1, 0.15) is 6.10 Å². The van der Waals surface area contributed by atoms with Gasteiger partial charge >= 0.3 is 0 Å². The molecule has 5 atom stereocenters. The zero-order chi connectivity index (χ0) is 13.3. The molecule has 1 heterocycles. The first kappa shape index (κ1) is 12.1. The fourth-order valence-electron chi connectivity index (χ4n) is 3.83. The topological polar surface area (TPSA) is 49.8 Å². The van der Waals surface area contributed by atoms with Crippen molar-refractivity contribution < 1.29 is 14.6 Å². The van der Waals surface area contributed by atoms with Crippen molar-refractivity contribution >= 4 is 5.78 Å². The Morgan fingerprint density at radius 1 is 1.61 bits per heavy atom. The van der Waals surface area contributed by atoms with Crippen molar-refractivity contribution in [2.24, 2.45) is 11.3 Å². The van der Waals surface area contributed by atoms with Crippen LogP contribution in [0.4, 0.5) is 0 Å². The van der Waals surface area contributed by atoms with E-state index in [1.165, 1.54) is 0 Å². The number of carbonyl (C=O) groups excluding carboxylic acids is 1. The number of hydrogen-bond donors (Lipinski definition) is 1. The summed E-state index contributed by atoms with van der Waals surface area (Å²) in [5, 5.41) is 10.1. The third-order valence-corrected chi connectivity index (χ3v) is 5.39. The highest BCUT2D eigenvalue weighted by molar-refractivity contribution is 6.04. The fraction of sp³-hybridized carbons (Fsp3) is 0.667. The van der Waals surface area contributed by atoms with Crippen LogP contribution >= 0.6 is 0 Å². The summed E-state index contributed by atoms with van der Waals surface area (Å²) in [4.78, 5) is 12.3. The Labute approximate surface area is 108 Å². The zero-order valence-corrected chi connectivity index (χ0v) is 11.2. The molecule has 0 spiro atoms. The Balaban J connectivity index is 2.10. The Hall–Kier alpha value is -0.930. The fourth-order valence-corrected chi connectivity index (χ4v) is 3.83. The van der Waals surface area contributed by atoms with Gasteiger partial charge in [-0.15, -0.1) is 0 Å². The molecular weight excluding hydrogens is 228 g/mol. The summed E-state index contributed by atoms with van der Waals surface area (Å²) in [6.45, 7) is 9.94. The Morgan fingerprint density at radius 2 is 2.28 bits per heavy atom. The van der Waals surface area contributed by atoms with E-state index in [4.69, 9.17) is 4.74 Å². The minimum absolute atomic E-state index is 0.0380. The highest BCUT2D eigenvalue weighted by Gasteiger charge is 2.73. The number of epoxide rings is 1. The number of ether oxygens (including phenoxy) is 1. The molecule has 3 aliphatic rings. The van der Waals surface area contributed by atoms with Gasteiger partial charge in [0.05, 0.1) is 6.10 Å². The molecule has 0 amide bonds. The van der Waals surface area contributed by atoms with Crippen LogP contribution in [-0.2, 0) is 9.53 Å². The van der Waals surface area contributed by atoms with Crippen LogP contribution in [0.3, 0.4) is 0 Å². The van der Waals surface area contributed by atoms with Gasteiger partial charge in [-0.1, -0.05) is 26.0 Å². The van der Waals surface area contributed by atoms with Crippen LogP contribution in [0.25, 0.3) is 0 Å². The number of ketones is 1. The first-order valence-corrected chi connectivity index (χ1v) is 6.62. The van der Waals surface area contributed by atoms with Gasteiger partial charge in [0.15, 0.2) is 11.4 Å². The Kier molecular flexibility index (Phi) is 2.25. The van der Waals surface area contributed by atoms with Crippen molar-refractivity contribution in [3.63, 3.8) is 0 Å². The third-order valence-electron chi connectivity index (χ3n) is 5.39. The molecule has 3 rings (SSSR count). The summed E-state index contributed by atoms with van der Waals surface area (Å²) in [5.41, 5.74) is 0.889. The maximum atomic E-state index is 12.3. The van der Waals surface area contributed by atoms with Gasteiger partial charge in [-0.25, -0.2) is 0 Å². The SMILES string of the molecule is C=C(C)[C@@]12O[C@@H]1C1(C)C(=CC2=O)CC[C@@H](O)C1C. The summed E-state index contributed by atoms with van der Waals surface area (Å²) < 4.78 is 5.82. The van der Waals surface area contributed by atoms with Crippen LogP contribution in [0.5, 0.6) is 0 Å². The zero-order valence-electron chi connectivity index (χ0n) is 11.2. The summed E-state index contributed by atoms with van der Waals surface area (Å²) in [6, 6.07) is 0. The molecule has 2 unspecified atom stereocenters. The summed E-state index contributed by atoms with van der Waals surface area (Å²) in [7, 11) is 0. The average Bonchev–Trinajstić information content (AvgIpc) is 3.06. The molecule has 1 saturated carbocycles. The number of rotatable bonds is 1. The summed E-state index contributed by atoms with van der Waals surface area (Å²) >= 11 is 0. The molecule has 0 radical (unpaired) electrons. The summed E-state index contributed by atoms with van der Waals surface area (Å²) in [5.74, 6) is 0.146. The third kappa shape index (κ3) is 1.14. The molecule has 1 aliphatic heterocycles. The van der Waals surface area contributed by atoms with Gasteiger partial charge in [0, 0.05) is 5.41 Å². The quantitative estimate of drug-likeness (QED) is 0.570. The van der Waals surface area contributed by atoms with Crippen LogP contribution in [0.2, 0.25) is 0 Å². The molecular formula is C15H20O3. The minimum atomic E-state index is -0.802. The molecule has 3 nitrogen and oxygen atoms in total. The predicted molar refractivity (Wildman–Crippen MR) is 68.0 cm³/mol. The lowest BCUT2D eigenvalue weighted by Gasteiger charge is -2.46. The average molecular weight is 248 g/mol. The monoisotopic (exact) mass is 248 g/mol. The first-order chi connectivity index (χ1) is 8.35. The lowest BCUT2D eigenvalue weighted by atomic mass is 9.57. The van der Waals surface area contributed by atoms with Crippen LogP contribution in [0.15, 0.2) is 23.8 Å². The van der Waals surface area contributed by atoms with Gasteiger partial charge in [-0.05, 0) is 37.3 Å². The standard InChI is InChI=1S/C15H20O3/c1-8(2)15-12(17)7-10-5-6-11(16)9(3)14(10,4)13(15)18-15/h7,9,11,13,16H,1,5-6H2,2-4H3/t9?,11-,13-,14?,15+/m1/s1. The molecule has 0 aromatic heterocycles. The van der Waals surface area contributed by atoms with E-state index in [0.29, 0.717) is 0 Å². The Morgan fingerprint density at radius 3 is 2.89 bits per heavy atom. The number of aliphatic hydroxyl groups excluding tert-OH is 1. The van der Waals surface area contributed by atoms with Crippen molar-refractivity contribution in [1.29, 1.82) is 0 Å². The van der Waals surface area contributed by atoms with Crippen LogP contribution in [-0.4, -0.2) is 28.7 Å². The van der Waals surface area contributed by atoms with E-state index >= 15 is 0 Å².